The maximum absolute atomic E-state index is 11.9. The fraction of sp³-hybridized carbons (Fsp3) is 0.312. The molecular formula is C16H19N3O. The second-order valence-electron chi connectivity index (χ2n) is 5.83. The lowest BCUT2D eigenvalue weighted by atomic mass is 9.96. The van der Waals surface area contributed by atoms with Gasteiger partial charge in [0, 0.05) is 29.6 Å². The highest BCUT2D eigenvalue weighted by atomic mass is 16.2. The van der Waals surface area contributed by atoms with Crippen LogP contribution in [0.3, 0.4) is 0 Å². The highest BCUT2D eigenvalue weighted by Gasteiger charge is 2.21. The Kier molecular flexibility index (Phi) is 3.84. The molecule has 1 amide bonds. The number of carbonyl (C=O) groups is 1. The highest BCUT2D eigenvalue weighted by Crippen LogP contribution is 2.23. The monoisotopic (exact) mass is 269 g/mol. The minimum atomic E-state index is -0.429. The van der Waals surface area contributed by atoms with Crippen molar-refractivity contribution in [3.05, 3.63) is 42.4 Å². The van der Waals surface area contributed by atoms with Crippen LogP contribution < -0.4 is 5.32 Å². The smallest absolute Gasteiger partial charge is 0.230 e. The number of nitrogens with one attached hydrogen (secondary N) is 1. The van der Waals surface area contributed by atoms with E-state index >= 15 is 0 Å². The van der Waals surface area contributed by atoms with Gasteiger partial charge in [0.15, 0.2) is 0 Å². The molecule has 0 aliphatic carbocycles. The number of rotatable bonds is 2. The Hall–Kier alpha value is -2.23. The number of aryl methyl sites for hydroxylation is 1. The summed E-state index contributed by atoms with van der Waals surface area (Å²) in [5, 5.41) is 2.81. The van der Waals surface area contributed by atoms with E-state index in [1.165, 1.54) is 0 Å². The predicted octanol–water partition coefficient (Wildman–Crippen LogP) is 3.44. The summed E-state index contributed by atoms with van der Waals surface area (Å²) < 4.78 is 0. The zero-order valence-corrected chi connectivity index (χ0v) is 12.3. The van der Waals surface area contributed by atoms with Gasteiger partial charge < -0.3 is 5.32 Å². The minimum absolute atomic E-state index is 0.0437. The summed E-state index contributed by atoms with van der Waals surface area (Å²) in [5.41, 5.74) is 2.78. The molecule has 2 rings (SSSR count). The fourth-order valence-corrected chi connectivity index (χ4v) is 1.73. The van der Waals surface area contributed by atoms with Gasteiger partial charge in [0.05, 0.1) is 0 Å². The van der Waals surface area contributed by atoms with Crippen molar-refractivity contribution in [2.45, 2.75) is 27.7 Å². The van der Waals surface area contributed by atoms with Crippen LogP contribution in [-0.2, 0) is 4.79 Å². The zero-order chi connectivity index (χ0) is 14.8. The van der Waals surface area contributed by atoms with Crippen LogP contribution in [0.5, 0.6) is 0 Å². The SMILES string of the molecule is Cc1cnccc1-c1ccc(NC(=O)C(C)(C)C)nc1. The quantitative estimate of drug-likeness (QED) is 0.908. The Bertz CT molecular complexity index is 612. The largest absolute Gasteiger partial charge is 0.310 e. The Morgan fingerprint density at radius 2 is 1.90 bits per heavy atom. The number of anilines is 1. The number of amides is 1. The van der Waals surface area contributed by atoms with E-state index < -0.39 is 5.41 Å². The van der Waals surface area contributed by atoms with E-state index in [0.717, 1.165) is 16.7 Å². The Labute approximate surface area is 119 Å². The number of pyridine rings is 2. The molecule has 2 aromatic heterocycles. The first-order valence-corrected chi connectivity index (χ1v) is 6.56. The second kappa shape index (κ2) is 5.41. The Morgan fingerprint density at radius 1 is 1.15 bits per heavy atom. The normalized spacial score (nSPS) is 11.2. The lowest BCUT2D eigenvalue weighted by Crippen LogP contribution is -2.27. The van der Waals surface area contributed by atoms with Gasteiger partial charge in [-0.25, -0.2) is 4.98 Å². The second-order valence-corrected chi connectivity index (χ2v) is 5.83. The van der Waals surface area contributed by atoms with Crippen LogP contribution in [0.4, 0.5) is 5.82 Å². The van der Waals surface area contributed by atoms with E-state index in [-0.39, 0.29) is 5.91 Å². The van der Waals surface area contributed by atoms with Crippen molar-refractivity contribution >= 4 is 11.7 Å². The van der Waals surface area contributed by atoms with Crippen molar-refractivity contribution in [1.82, 2.24) is 9.97 Å². The lowest BCUT2D eigenvalue weighted by molar-refractivity contribution is -0.123. The molecule has 0 saturated carbocycles. The van der Waals surface area contributed by atoms with E-state index in [9.17, 15) is 4.79 Å². The average Bonchev–Trinajstić information content (AvgIpc) is 2.39. The molecule has 0 aliphatic heterocycles. The standard InChI is InChI=1S/C16H19N3O/c1-11-9-17-8-7-13(11)12-5-6-14(18-10-12)19-15(20)16(2,3)4/h5-10H,1-4H3,(H,18,19,20). The molecule has 20 heavy (non-hydrogen) atoms. The van der Waals surface area contributed by atoms with Crippen LogP contribution in [0.1, 0.15) is 26.3 Å². The molecule has 0 bridgehead atoms. The van der Waals surface area contributed by atoms with Crippen molar-refractivity contribution in [3.63, 3.8) is 0 Å². The zero-order valence-electron chi connectivity index (χ0n) is 12.3. The van der Waals surface area contributed by atoms with Crippen LogP contribution in [0.2, 0.25) is 0 Å². The van der Waals surface area contributed by atoms with Crippen molar-refractivity contribution in [3.8, 4) is 11.1 Å². The third kappa shape index (κ3) is 3.20. The van der Waals surface area contributed by atoms with E-state index in [1.807, 2.05) is 52.1 Å². The van der Waals surface area contributed by atoms with E-state index in [4.69, 9.17) is 0 Å². The highest BCUT2D eigenvalue weighted by molar-refractivity contribution is 5.93. The van der Waals surface area contributed by atoms with Crippen molar-refractivity contribution in [2.75, 3.05) is 5.32 Å². The molecule has 0 atom stereocenters. The summed E-state index contributed by atoms with van der Waals surface area (Å²) in [5.74, 6) is 0.526. The molecule has 0 aromatic carbocycles. The molecule has 0 saturated heterocycles. The van der Waals surface area contributed by atoms with Crippen LogP contribution in [0.15, 0.2) is 36.8 Å². The molecule has 0 unspecified atom stereocenters. The lowest BCUT2D eigenvalue weighted by Gasteiger charge is -2.17. The van der Waals surface area contributed by atoms with Gasteiger partial charge in [0.2, 0.25) is 5.91 Å². The number of aromatic nitrogens is 2. The summed E-state index contributed by atoms with van der Waals surface area (Å²) in [7, 11) is 0. The number of hydrogen-bond donors (Lipinski definition) is 1. The van der Waals surface area contributed by atoms with Crippen LogP contribution in [-0.4, -0.2) is 15.9 Å². The summed E-state index contributed by atoms with van der Waals surface area (Å²) in [6.07, 6.45) is 5.35. The molecule has 0 fully saturated rings. The summed E-state index contributed by atoms with van der Waals surface area (Å²) >= 11 is 0. The third-order valence-corrected chi connectivity index (χ3v) is 3.02. The van der Waals surface area contributed by atoms with Crippen molar-refractivity contribution < 1.29 is 4.79 Å². The number of nitrogens with zero attached hydrogens (tertiary/aromatic N) is 2. The van der Waals surface area contributed by atoms with Crippen LogP contribution in [0, 0.1) is 12.3 Å². The first-order valence-electron chi connectivity index (χ1n) is 6.56. The topological polar surface area (TPSA) is 54.9 Å². The predicted molar refractivity (Wildman–Crippen MR) is 80.3 cm³/mol. The molecular weight excluding hydrogens is 250 g/mol. The molecule has 0 radical (unpaired) electrons. The average molecular weight is 269 g/mol. The van der Waals surface area contributed by atoms with Gasteiger partial charge in [-0.2, -0.15) is 0 Å². The fourth-order valence-electron chi connectivity index (χ4n) is 1.73. The number of hydrogen-bond acceptors (Lipinski definition) is 3. The summed E-state index contributed by atoms with van der Waals surface area (Å²) in [6.45, 7) is 7.63. The summed E-state index contributed by atoms with van der Waals surface area (Å²) in [6, 6.07) is 5.73. The molecule has 1 N–H and O–H groups in total. The molecule has 2 aromatic rings. The van der Waals surface area contributed by atoms with E-state index in [2.05, 4.69) is 15.3 Å². The van der Waals surface area contributed by atoms with Gasteiger partial charge in [-0.05, 0) is 36.2 Å². The first kappa shape index (κ1) is 14.2. The van der Waals surface area contributed by atoms with Gasteiger partial charge in [-0.3, -0.25) is 9.78 Å². The summed E-state index contributed by atoms with van der Waals surface area (Å²) in [4.78, 5) is 20.3. The maximum Gasteiger partial charge on any atom is 0.230 e. The van der Waals surface area contributed by atoms with Gasteiger partial charge >= 0.3 is 0 Å². The van der Waals surface area contributed by atoms with Gasteiger partial charge in [-0.15, -0.1) is 0 Å². The van der Waals surface area contributed by atoms with E-state index in [1.54, 1.807) is 12.4 Å². The molecule has 4 heteroatoms. The van der Waals surface area contributed by atoms with Crippen LogP contribution >= 0.6 is 0 Å². The van der Waals surface area contributed by atoms with Gasteiger partial charge in [0.1, 0.15) is 5.82 Å². The van der Waals surface area contributed by atoms with Gasteiger partial charge in [-0.1, -0.05) is 20.8 Å². The third-order valence-electron chi connectivity index (χ3n) is 3.02. The van der Waals surface area contributed by atoms with Gasteiger partial charge in [0.25, 0.3) is 0 Å². The van der Waals surface area contributed by atoms with E-state index in [0.29, 0.717) is 5.82 Å². The molecule has 0 aliphatic rings. The Morgan fingerprint density at radius 3 is 2.45 bits per heavy atom. The molecule has 4 nitrogen and oxygen atoms in total. The number of carbonyl (C=O) groups excluding carboxylic acids is 1. The van der Waals surface area contributed by atoms with Crippen molar-refractivity contribution in [2.24, 2.45) is 5.41 Å². The van der Waals surface area contributed by atoms with Crippen molar-refractivity contribution in [1.29, 1.82) is 0 Å². The molecule has 2 heterocycles. The van der Waals surface area contributed by atoms with Crippen LogP contribution in [0.25, 0.3) is 11.1 Å². The molecule has 104 valence electrons. The molecule has 0 spiro atoms. The Balaban J connectivity index is 2.19. The maximum atomic E-state index is 11.9. The first-order chi connectivity index (χ1) is 9.38. The minimum Gasteiger partial charge on any atom is -0.310 e.